The Labute approximate surface area is 118 Å². The van der Waals surface area contributed by atoms with Crippen molar-refractivity contribution in [1.82, 2.24) is 5.32 Å². The van der Waals surface area contributed by atoms with E-state index in [1.807, 2.05) is 13.8 Å². The van der Waals surface area contributed by atoms with E-state index in [0.29, 0.717) is 5.75 Å². The van der Waals surface area contributed by atoms with E-state index < -0.39 is 12.1 Å². The Hall–Kier alpha value is -1.29. The molecule has 0 aliphatic rings. The maximum Gasteiger partial charge on any atom is 0.490 e. The lowest BCUT2D eigenvalue weighted by Gasteiger charge is -2.24. The Kier molecular flexibility index (Phi) is 9.24. The molecule has 0 unspecified atom stereocenters. The van der Waals surface area contributed by atoms with Crippen molar-refractivity contribution in [1.29, 1.82) is 0 Å². The lowest BCUT2D eigenvalue weighted by Crippen LogP contribution is -2.44. The highest BCUT2D eigenvalue weighted by atomic mass is 32.2. The summed E-state index contributed by atoms with van der Waals surface area (Å²) >= 11 is 1.15. The number of thioether (sulfide) groups is 1. The molecular formula is C10H17F3N2O4S. The minimum Gasteiger partial charge on any atom is -0.475 e. The number of carboxylic acid groups (broad SMARTS) is 1. The van der Waals surface area contributed by atoms with Gasteiger partial charge in [0, 0.05) is 18.2 Å². The minimum atomic E-state index is -5.08. The molecule has 0 heterocycles. The average molecular weight is 318 g/mol. The van der Waals surface area contributed by atoms with Crippen LogP contribution in [0.15, 0.2) is 0 Å². The highest BCUT2D eigenvalue weighted by Gasteiger charge is 2.38. The summed E-state index contributed by atoms with van der Waals surface area (Å²) in [5, 5.41) is 9.81. The maximum atomic E-state index is 10.9. The molecule has 1 amide bonds. The van der Waals surface area contributed by atoms with E-state index in [1.165, 1.54) is 6.92 Å². The Balaban J connectivity index is 0. The highest BCUT2D eigenvalue weighted by Crippen LogP contribution is 2.13. The first kappa shape index (κ1) is 21.0. The van der Waals surface area contributed by atoms with Crippen molar-refractivity contribution < 1.29 is 32.7 Å². The number of carbonyl (C=O) groups is 3. The predicted octanol–water partition coefficient (Wildman–Crippen LogP) is 0.753. The molecule has 0 fully saturated rings. The van der Waals surface area contributed by atoms with Crippen LogP contribution in [0.3, 0.4) is 0 Å². The molecule has 0 saturated carbocycles. The monoisotopic (exact) mass is 318 g/mol. The van der Waals surface area contributed by atoms with Gasteiger partial charge in [0.05, 0.1) is 6.54 Å². The van der Waals surface area contributed by atoms with Crippen LogP contribution in [-0.4, -0.2) is 46.1 Å². The SMILES string of the molecule is CC(=O)NC(C)(C)CSC(=O)CN.O=C(O)C(F)(F)F. The number of nitrogens with two attached hydrogens (primary N) is 1. The van der Waals surface area contributed by atoms with Gasteiger partial charge in [-0.3, -0.25) is 9.59 Å². The number of rotatable bonds is 4. The van der Waals surface area contributed by atoms with Gasteiger partial charge in [0.25, 0.3) is 0 Å². The molecule has 118 valence electrons. The number of halogens is 3. The maximum absolute atomic E-state index is 10.9. The average Bonchev–Trinajstić information content (AvgIpc) is 2.23. The standard InChI is InChI=1S/C8H16N2O2S.C2HF3O2/c1-6(11)10-8(2,3)5-13-7(12)4-9;3-2(4,5)1(6)7/h4-5,9H2,1-3H3,(H,10,11);(H,6,7). The van der Waals surface area contributed by atoms with Gasteiger partial charge in [-0.1, -0.05) is 11.8 Å². The molecule has 0 bridgehead atoms. The van der Waals surface area contributed by atoms with Crippen molar-refractivity contribution in [3.05, 3.63) is 0 Å². The summed E-state index contributed by atoms with van der Waals surface area (Å²) in [7, 11) is 0. The third-order valence-corrected chi connectivity index (χ3v) is 2.87. The molecule has 20 heavy (non-hydrogen) atoms. The van der Waals surface area contributed by atoms with Crippen LogP contribution in [0.1, 0.15) is 20.8 Å². The summed E-state index contributed by atoms with van der Waals surface area (Å²) < 4.78 is 31.7. The number of carboxylic acids is 1. The molecule has 0 atom stereocenters. The number of amides is 1. The summed E-state index contributed by atoms with van der Waals surface area (Å²) in [6.45, 7) is 5.23. The smallest absolute Gasteiger partial charge is 0.475 e. The van der Waals surface area contributed by atoms with Crippen LogP contribution in [0.4, 0.5) is 13.2 Å². The largest absolute Gasteiger partial charge is 0.490 e. The second-order valence-electron chi connectivity index (χ2n) is 4.23. The fourth-order valence-corrected chi connectivity index (χ4v) is 1.54. The Morgan fingerprint density at radius 2 is 1.65 bits per heavy atom. The van der Waals surface area contributed by atoms with Crippen molar-refractivity contribution in [2.45, 2.75) is 32.5 Å². The number of hydrogen-bond donors (Lipinski definition) is 3. The molecule has 0 rings (SSSR count). The van der Waals surface area contributed by atoms with Gasteiger partial charge in [-0.15, -0.1) is 0 Å². The fourth-order valence-electron chi connectivity index (χ4n) is 0.832. The topological polar surface area (TPSA) is 109 Å². The van der Waals surface area contributed by atoms with E-state index in [0.717, 1.165) is 11.8 Å². The van der Waals surface area contributed by atoms with Crippen LogP contribution in [-0.2, 0) is 14.4 Å². The normalized spacial score (nSPS) is 11.2. The summed E-state index contributed by atoms with van der Waals surface area (Å²) in [5.74, 6) is -2.30. The third kappa shape index (κ3) is 13.1. The lowest BCUT2D eigenvalue weighted by atomic mass is 10.1. The number of alkyl halides is 3. The van der Waals surface area contributed by atoms with Crippen LogP contribution in [0.2, 0.25) is 0 Å². The van der Waals surface area contributed by atoms with E-state index in [9.17, 15) is 22.8 Å². The molecular weight excluding hydrogens is 301 g/mol. The van der Waals surface area contributed by atoms with Crippen molar-refractivity contribution >= 4 is 28.8 Å². The molecule has 0 saturated heterocycles. The predicted molar refractivity (Wildman–Crippen MR) is 68.1 cm³/mol. The quantitative estimate of drug-likeness (QED) is 0.706. The molecule has 0 radical (unpaired) electrons. The van der Waals surface area contributed by atoms with Crippen molar-refractivity contribution in [3.63, 3.8) is 0 Å². The molecule has 0 aromatic carbocycles. The first-order valence-electron chi connectivity index (χ1n) is 5.26. The van der Waals surface area contributed by atoms with Gasteiger partial charge in [0.1, 0.15) is 0 Å². The molecule has 10 heteroatoms. The second kappa shape index (κ2) is 8.80. The lowest BCUT2D eigenvalue weighted by molar-refractivity contribution is -0.192. The van der Waals surface area contributed by atoms with Crippen molar-refractivity contribution in [2.75, 3.05) is 12.3 Å². The van der Waals surface area contributed by atoms with Crippen LogP contribution < -0.4 is 11.1 Å². The van der Waals surface area contributed by atoms with E-state index in [4.69, 9.17) is 15.6 Å². The van der Waals surface area contributed by atoms with Gasteiger partial charge in [-0.25, -0.2) is 4.79 Å². The summed E-state index contributed by atoms with van der Waals surface area (Å²) in [5.41, 5.74) is 4.79. The number of aliphatic carboxylic acids is 1. The van der Waals surface area contributed by atoms with E-state index in [1.54, 1.807) is 0 Å². The first-order chi connectivity index (χ1) is 8.81. The molecule has 0 aliphatic heterocycles. The first-order valence-corrected chi connectivity index (χ1v) is 6.25. The van der Waals surface area contributed by atoms with E-state index in [2.05, 4.69) is 5.32 Å². The zero-order valence-corrected chi connectivity index (χ0v) is 12.0. The van der Waals surface area contributed by atoms with Gasteiger partial charge < -0.3 is 16.2 Å². The number of nitrogens with one attached hydrogen (secondary N) is 1. The van der Waals surface area contributed by atoms with Crippen molar-refractivity contribution in [2.24, 2.45) is 5.73 Å². The Morgan fingerprint density at radius 1 is 1.25 bits per heavy atom. The minimum absolute atomic E-state index is 0.0425. The second-order valence-corrected chi connectivity index (χ2v) is 5.27. The van der Waals surface area contributed by atoms with Gasteiger partial charge in [0.15, 0.2) is 0 Å². The number of carbonyl (C=O) groups excluding carboxylic acids is 2. The zero-order valence-electron chi connectivity index (χ0n) is 11.2. The number of hydrogen-bond acceptors (Lipinski definition) is 5. The fraction of sp³-hybridized carbons (Fsp3) is 0.700. The van der Waals surface area contributed by atoms with E-state index >= 15 is 0 Å². The van der Waals surface area contributed by atoms with Gasteiger partial charge in [-0.05, 0) is 13.8 Å². The van der Waals surface area contributed by atoms with Gasteiger partial charge >= 0.3 is 12.1 Å². The van der Waals surface area contributed by atoms with Crippen LogP contribution in [0.5, 0.6) is 0 Å². The van der Waals surface area contributed by atoms with E-state index in [-0.39, 0.29) is 23.1 Å². The van der Waals surface area contributed by atoms with Crippen LogP contribution in [0, 0.1) is 0 Å². The highest BCUT2D eigenvalue weighted by molar-refractivity contribution is 8.13. The molecule has 0 spiro atoms. The molecule has 4 N–H and O–H groups in total. The summed E-state index contributed by atoms with van der Waals surface area (Å²) in [6, 6.07) is 0. The Bertz CT molecular complexity index is 359. The summed E-state index contributed by atoms with van der Waals surface area (Å²) in [4.78, 5) is 30.5. The Morgan fingerprint density at radius 3 is 1.90 bits per heavy atom. The van der Waals surface area contributed by atoms with Gasteiger partial charge in [-0.2, -0.15) is 13.2 Å². The van der Waals surface area contributed by atoms with Gasteiger partial charge in [0.2, 0.25) is 11.0 Å². The molecule has 0 aromatic rings. The van der Waals surface area contributed by atoms with Crippen molar-refractivity contribution in [3.8, 4) is 0 Å². The third-order valence-electron chi connectivity index (χ3n) is 1.52. The molecule has 0 aromatic heterocycles. The molecule has 6 nitrogen and oxygen atoms in total. The molecule has 0 aliphatic carbocycles. The summed E-state index contributed by atoms with van der Waals surface area (Å²) in [6.07, 6.45) is -5.08. The van der Waals surface area contributed by atoms with Crippen LogP contribution in [0.25, 0.3) is 0 Å². The van der Waals surface area contributed by atoms with Crippen LogP contribution >= 0.6 is 11.8 Å². The zero-order chi connectivity index (χ0) is 16.6.